The minimum Gasteiger partial charge on any atom is -0.493 e. The minimum atomic E-state index is -1.83. The topological polar surface area (TPSA) is 134 Å². The van der Waals surface area contributed by atoms with Gasteiger partial charge in [0.25, 0.3) is 5.91 Å². The number of anilines is 1. The lowest BCUT2D eigenvalue weighted by atomic mass is 9.89. The predicted octanol–water partition coefficient (Wildman–Crippen LogP) is 5.09. The Morgan fingerprint density at radius 2 is 1.70 bits per heavy atom. The predicted molar refractivity (Wildman–Crippen MR) is 126 cm³/mol. The maximum Gasteiger partial charge on any atom is 0.503 e. The summed E-state index contributed by atoms with van der Waals surface area (Å²) in [4.78, 5) is 33.8. The average Bonchev–Trinajstić information content (AvgIpc) is 3.17. The highest BCUT2D eigenvalue weighted by Crippen LogP contribution is 2.34. The van der Waals surface area contributed by atoms with Crippen molar-refractivity contribution in [1.82, 2.24) is 5.32 Å². The molecule has 4 N–H and O–H groups in total. The average molecular weight is 499 g/mol. The first kappa shape index (κ1) is 26.3. The van der Waals surface area contributed by atoms with Crippen LogP contribution in [0.15, 0.2) is 24.3 Å². The lowest BCUT2D eigenvalue weighted by Gasteiger charge is -2.20. The zero-order valence-corrected chi connectivity index (χ0v) is 19.9. The van der Waals surface area contributed by atoms with E-state index in [0.717, 1.165) is 31.2 Å². The van der Waals surface area contributed by atoms with Gasteiger partial charge < -0.3 is 30.3 Å². The fraction of sp³-hybridized carbons (Fsp3) is 0.409. The molecular formula is C22H27ClN2O7S. The first-order chi connectivity index (χ1) is 15.7. The molecule has 1 saturated carbocycles. The molecule has 0 aliphatic heterocycles. The molecule has 0 spiro atoms. The van der Waals surface area contributed by atoms with E-state index in [1.165, 1.54) is 17.8 Å². The van der Waals surface area contributed by atoms with Crippen LogP contribution in [0.2, 0.25) is 4.34 Å². The minimum absolute atomic E-state index is 0.00676. The maximum absolute atomic E-state index is 12.7. The van der Waals surface area contributed by atoms with Gasteiger partial charge in [0.1, 0.15) is 5.00 Å². The number of nitrogens with one attached hydrogen (secondary N) is 2. The molecule has 1 aromatic heterocycles. The third-order valence-electron chi connectivity index (χ3n) is 5.06. The molecule has 1 fully saturated rings. The Morgan fingerprint density at radius 3 is 2.30 bits per heavy atom. The normalized spacial score (nSPS) is 13.3. The summed E-state index contributed by atoms with van der Waals surface area (Å²) in [6, 6.07) is 7.05. The van der Waals surface area contributed by atoms with Crippen molar-refractivity contribution in [2.24, 2.45) is 5.92 Å². The molecule has 0 unspecified atom stereocenters. The van der Waals surface area contributed by atoms with Gasteiger partial charge in [-0.05, 0) is 36.6 Å². The molecule has 0 atom stereocenters. The van der Waals surface area contributed by atoms with E-state index in [-0.39, 0.29) is 17.7 Å². The van der Waals surface area contributed by atoms with Crippen molar-refractivity contribution < 1.29 is 34.1 Å². The van der Waals surface area contributed by atoms with Gasteiger partial charge in [0.2, 0.25) is 5.91 Å². The number of carboxylic acid groups (broad SMARTS) is 2. The van der Waals surface area contributed by atoms with Gasteiger partial charge >= 0.3 is 6.16 Å². The molecule has 0 bridgehead atoms. The van der Waals surface area contributed by atoms with Crippen LogP contribution >= 0.6 is 22.9 Å². The van der Waals surface area contributed by atoms with E-state index in [1.807, 2.05) is 12.1 Å². The van der Waals surface area contributed by atoms with Crippen LogP contribution in [0, 0.1) is 5.92 Å². The number of hydrogen-bond donors (Lipinski definition) is 4. The number of methoxy groups -OCH3 is 2. The van der Waals surface area contributed by atoms with Gasteiger partial charge in [0.05, 0.1) is 24.1 Å². The highest BCUT2D eigenvalue weighted by atomic mass is 35.5. The highest BCUT2D eigenvalue weighted by molar-refractivity contribution is 7.20. The Labute approximate surface area is 200 Å². The molecule has 33 heavy (non-hydrogen) atoms. The van der Waals surface area contributed by atoms with E-state index in [1.54, 1.807) is 26.4 Å². The van der Waals surface area contributed by atoms with Crippen LogP contribution < -0.4 is 20.1 Å². The van der Waals surface area contributed by atoms with E-state index < -0.39 is 6.16 Å². The van der Waals surface area contributed by atoms with Crippen molar-refractivity contribution in [1.29, 1.82) is 0 Å². The van der Waals surface area contributed by atoms with Gasteiger partial charge in [0, 0.05) is 12.5 Å². The Morgan fingerprint density at radius 1 is 1.06 bits per heavy atom. The standard InChI is InChI=1S/C21H25ClN2O4S.CH2O3/c1-27-16-9-8-13(10-17(16)28-2)12-23-20(26)15-11-18(22)29-21(15)24-19(25)14-6-4-3-5-7-14;2-1(3)4/h8-11,14H,3-7,12H2,1-2H3,(H,23,26)(H,24,25);(H2,2,3,4). The van der Waals surface area contributed by atoms with E-state index in [4.69, 9.17) is 36.1 Å². The van der Waals surface area contributed by atoms with E-state index >= 15 is 0 Å². The van der Waals surface area contributed by atoms with Crippen molar-refractivity contribution >= 4 is 45.9 Å². The molecular weight excluding hydrogens is 472 g/mol. The first-order valence-electron chi connectivity index (χ1n) is 10.3. The summed E-state index contributed by atoms with van der Waals surface area (Å²) in [6.07, 6.45) is 3.28. The summed E-state index contributed by atoms with van der Waals surface area (Å²) in [5, 5.41) is 20.2. The van der Waals surface area contributed by atoms with E-state index in [9.17, 15) is 9.59 Å². The second kappa shape index (κ2) is 12.9. The molecule has 1 aliphatic carbocycles. The molecule has 1 aromatic carbocycles. The van der Waals surface area contributed by atoms with Crippen LogP contribution in [0.1, 0.15) is 48.0 Å². The second-order valence-electron chi connectivity index (χ2n) is 7.27. The zero-order chi connectivity index (χ0) is 24.4. The molecule has 11 heteroatoms. The lowest BCUT2D eigenvalue weighted by molar-refractivity contribution is -0.120. The molecule has 1 aliphatic rings. The molecule has 3 rings (SSSR count). The second-order valence-corrected chi connectivity index (χ2v) is 8.96. The van der Waals surface area contributed by atoms with Crippen molar-refractivity contribution in [3.63, 3.8) is 0 Å². The quantitative estimate of drug-likeness (QED) is 0.417. The SMILES string of the molecule is COc1ccc(CNC(=O)c2cc(Cl)sc2NC(=O)C2CCCCC2)cc1OC.O=C(O)O. The number of ether oxygens (including phenoxy) is 2. The first-order valence-corrected chi connectivity index (χ1v) is 11.5. The van der Waals surface area contributed by atoms with Gasteiger partial charge in [-0.1, -0.05) is 36.9 Å². The van der Waals surface area contributed by atoms with Gasteiger partial charge in [0.15, 0.2) is 11.5 Å². The zero-order valence-electron chi connectivity index (χ0n) is 18.4. The summed E-state index contributed by atoms with van der Waals surface area (Å²) in [5.74, 6) is 0.907. The summed E-state index contributed by atoms with van der Waals surface area (Å²) >= 11 is 7.33. The molecule has 9 nitrogen and oxygen atoms in total. The number of carbonyl (C=O) groups is 3. The number of benzene rings is 1. The van der Waals surface area contributed by atoms with Gasteiger partial charge in [-0.25, -0.2) is 4.79 Å². The monoisotopic (exact) mass is 498 g/mol. The Bertz CT molecular complexity index is 970. The summed E-state index contributed by atoms with van der Waals surface area (Å²) in [6.45, 7) is 0.308. The molecule has 2 aromatic rings. The van der Waals surface area contributed by atoms with Crippen molar-refractivity contribution in [2.75, 3.05) is 19.5 Å². The fourth-order valence-corrected chi connectivity index (χ4v) is 4.59. The van der Waals surface area contributed by atoms with Crippen LogP contribution in [0.5, 0.6) is 11.5 Å². The molecule has 0 radical (unpaired) electrons. The number of rotatable bonds is 7. The van der Waals surface area contributed by atoms with Gasteiger partial charge in [-0.15, -0.1) is 11.3 Å². The lowest BCUT2D eigenvalue weighted by Crippen LogP contribution is -2.27. The molecule has 0 saturated heterocycles. The van der Waals surface area contributed by atoms with Crippen molar-refractivity contribution in [2.45, 2.75) is 38.6 Å². The van der Waals surface area contributed by atoms with Crippen molar-refractivity contribution in [3.05, 3.63) is 39.7 Å². The third-order valence-corrected chi connectivity index (χ3v) is 6.24. The van der Waals surface area contributed by atoms with Crippen LogP contribution in [0.4, 0.5) is 9.80 Å². The Kier molecular flexibility index (Phi) is 10.3. The fourth-order valence-electron chi connectivity index (χ4n) is 3.47. The Balaban J connectivity index is 0.000000890. The van der Waals surface area contributed by atoms with Crippen LogP contribution in [0.25, 0.3) is 0 Å². The van der Waals surface area contributed by atoms with Crippen LogP contribution in [-0.2, 0) is 11.3 Å². The van der Waals surface area contributed by atoms with Gasteiger partial charge in [-0.3, -0.25) is 9.59 Å². The molecule has 2 amide bonds. The number of amides is 2. The van der Waals surface area contributed by atoms with Crippen LogP contribution in [-0.4, -0.2) is 42.4 Å². The number of hydrogen-bond acceptors (Lipinski definition) is 6. The van der Waals surface area contributed by atoms with Crippen LogP contribution in [0.3, 0.4) is 0 Å². The van der Waals surface area contributed by atoms with E-state index in [2.05, 4.69) is 10.6 Å². The highest BCUT2D eigenvalue weighted by Gasteiger charge is 2.24. The number of thiophene rings is 1. The Hall–Kier alpha value is -2.98. The number of carbonyl (C=O) groups excluding carboxylic acids is 2. The summed E-state index contributed by atoms with van der Waals surface area (Å²) in [7, 11) is 3.14. The van der Waals surface area contributed by atoms with Gasteiger partial charge in [-0.2, -0.15) is 0 Å². The largest absolute Gasteiger partial charge is 0.503 e. The van der Waals surface area contributed by atoms with Crippen molar-refractivity contribution in [3.8, 4) is 11.5 Å². The number of halogens is 1. The third kappa shape index (κ3) is 8.14. The smallest absolute Gasteiger partial charge is 0.493 e. The summed E-state index contributed by atoms with van der Waals surface area (Å²) < 4.78 is 11.0. The molecule has 1 heterocycles. The van der Waals surface area contributed by atoms with E-state index in [0.29, 0.717) is 32.9 Å². The summed E-state index contributed by atoms with van der Waals surface area (Å²) in [5.41, 5.74) is 1.25. The molecule has 180 valence electrons. The maximum atomic E-state index is 12.7.